The van der Waals surface area contributed by atoms with Crippen molar-refractivity contribution < 1.29 is 0 Å². The molecule has 2 heteroatoms. The Labute approximate surface area is 460 Å². The van der Waals surface area contributed by atoms with Gasteiger partial charge in [-0.2, -0.15) is 0 Å². The SMILES string of the molecule is c1ccc(C2(c3ccc(N(c4ccc5cc6ccccc6cc5c4)c4cc5cc(-c6cccc7c6-c6ccccc6[Si]76c7ccccc7-c7ccccc76)ccc5c5ccccc45)cc3)c3ccccc3-c3ccccc32)cc1. The minimum atomic E-state index is -2.62. The molecule has 14 aromatic carbocycles. The van der Waals surface area contributed by atoms with Crippen molar-refractivity contribution in [2.45, 2.75) is 5.41 Å². The van der Waals surface area contributed by atoms with E-state index in [-0.39, 0.29) is 0 Å². The number of fused-ring (bicyclic) bond motifs is 18. The van der Waals surface area contributed by atoms with Gasteiger partial charge in [0.15, 0.2) is 8.07 Å². The number of hydrogen-bond acceptors (Lipinski definition) is 1. The molecule has 0 unspecified atom stereocenters. The normalized spacial score (nSPS) is 13.8. The Morgan fingerprint density at radius 1 is 0.266 bits per heavy atom. The zero-order chi connectivity index (χ0) is 51.8. The van der Waals surface area contributed by atoms with E-state index >= 15 is 0 Å². The molecule has 14 aromatic rings. The Bertz CT molecular complexity index is 4770. The summed E-state index contributed by atoms with van der Waals surface area (Å²) in [5.74, 6) is 0. The van der Waals surface area contributed by atoms with Crippen LogP contribution in [0, 0.1) is 0 Å². The molecule has 2 heterocycles. The van der Waals surface area contributed by atoms with Gasteiger partial charge in [0.25, 0.3) is 0 Å². The molecule has 0 saturated heterocycles. The lowest BCUT2D eigenvalue weighted by Gasteiger charge is -2.34. The van der Waals surface area contributed by atoms with E-state index in [1.807, 2.05) is 0 Å². The highest BCUT2D eigenvalue weighted by Gasteiger charge is 2.54. The van der Waals surface area contributed by atoms with Crippen molar-refractivity contribution in [1.82, 2.24) is 0 Å². The van der Waals surface area contributed by atoms with Crippen LogP contribution in [0.2, 0.25) is 0 Å². The van der Waals surface area contributed by atoms with Crippen LogP contribution in [-0.4, -0.2) is 8.07 Å². The summed E-state index contributed by atoms with van der Waals surface area (Å²) in [7, 11) is -2.62. The fraction of sp³-hybridized carbons (Fsp3) is 0.0130. The van der Waals surface area contributed by atoms with Gasteiger partial charge < -0.3 is 4.90 Å². The summed E-state index contributed by atoms with van der Waals surface area (Å²) in [4.78, 5) is 2.51. The lowest BCUT2D eigenvalue weighted by atomic mass is 9.68. The number of nitrogens with zero attached hydrogens (tertiary/aromatic N) is 1. The highest BCUT2D eigenvalue weighted by atomic mass is 28.3. The molecule has 17 rings (SSSR count). The Hall–Kier alpha value is -9.86. The lowest BCUT2D eigenvalue weighted by Crippen LogP contribution is -2.70. The van der Waals surface area contributed by atoms with Gasteiger partial charge in [-0.15, -0.1) is 0 Å². The number of benzene rings is 14. The molecule has 0 bridgehead atoms. The molecular formula is C77H49NSi. The molecule has 0 atom stereocenters. The molecule has 366 valence electrons. The van der Waals surface area contributed by atoms with E-state index in [4.69, 9.17) is 0 Å². The van der Waals surface area contributed by atoms with Crippen LogP contribution in [0.5, 0.6) is 0 Å². The fourth-order valence-electron chi connectivity index (χ4n) is 14.9. The van der Waals surface area contributed by atoms with Crippen LogP contribution < -0.4 is 25.6 Å². The Morgan fingerprint density at radius 3 is 1.47 bits per heavy atom. The second-order valence-corrected chi connectivity index (χ2v) is 25.5. The maximum absolute atomic E-state index is 2.62. The minimum Gasteiger partial charge on any atom is -0.310 e. The Balaban J connectivity index is 0.885. The third kappa shape index (κ3) is 6.09. The third-order valence-corrected chi connectivity index (χ3v) is 23.0. The summed E-state index contributed by atoms with van der Waals surface area (Å²) in [6, 6.07) is 113. The minimum absolute atomic E-state index is 0.501. The summed E-state index contributed by atoms with van der Waals surface area (Å²) >= 11 is 0. The molecular weight excluding hydrogens is 967 g/mol. The molecule has 0 N–H and O–H groups in total. The molecule has 0 fully saturated rings. The smallest absolute Gasteiger partial charge is 0.182 e. The monoisotopic (exact) mass is 1020 g/mol. The van der Waals surface area contributed by atoms with Crippen LogP contribution in [0.15, 0.2) is 297 Å². The topological polar surface area (TPSA) is 3.24 Å². The molecule has 0 amide bonds. The van der Waals surface area contributed by atoms with Gasteiger partial charge >= 0.3 is 0 Å². The molecule has 1 aliphatic carbocycles. The molecule has 1 spiro atoms. The standard InChI is InChI=1S/C77H49NSi/c1-2-21-56(22-3-1)77(69-31-13-8-24-63(69)64-25-9-14-32-70(64)77)57-39-42-58(43-40-57)78(59-41-37-52-45-50-19-4-5-20-51(50)46-54(52)48-59)71-49-55-47-53(38-44-60(55)62-23-6-7-26-65(62)71)61-30-18-36-75-76(61)68-29-12-17-35-74(68)79(75)72-33-15-10-27-66(72)67-28-11-16-34-73(67)79/h1-49H. The van der Waals surface area contributed by atoms with Crippen LogP contribution in [0.1, 0.15) is 22.3 Å². The maximum Gasteiger partial charge on any atom is 0.182 e. The third-order valence-electron chi connectivity index (χ3n) is 18.1. The van der Waals surface area contributed by atoms with Crippen molar-refractivity contribution in [2.24, 2.45) is 0 Å². The molecule has 2 aliphatic heterocycles. The van der Waals surface area contributed by atoms with E-state index in [0.29, 0.717) is 0 Å². The van der Waals surface area contributed by atoms with Crippen LogP contribution in [0.4, 0.5) is 17.1 Å². The van der Waals surface area contributed by atoms with Crippen LogP contribution in [0.3, 0.4) is 0 Å². The average molecular weight is 1020 g/mol. The van der Waals surface area contributed by atoms with E-state index in [9.17, 15) is 0 Å². The van der Waals surface area contributed by atoms with Crippen molar-refractivity contribution in [1.29, 1.82) is 0 Å². The van der Waals surface area contributed by atoms with Crippen LogP contribution in [-0.2, 0) is 5.41 Å². The van der Waals surface area contributed by atoms with Gasteiger partial charge in [0.1, 0.15) is 0 Å². The fourth-order valence-corrected chi connectivity index (χ4v) is 20.5. The number of hydrogen-bond donors (Lipinski definition) is 0. The summed E-state index contributed by atoms with van der Waals surface area (Å²) in [5, 5.41) is 15.8. The number of anilines is 3. The summed E-state index contributed by atoms with van der Waals surface area (Å²) < 4.78 is 0. The van der Waals surface area contributed by atoms with E-state index in [0.717, 1.165) is 17.1 Å². The van der Waals surface area contributed by atoms with Gasteiger partial charge in [-0.25, -0.2) is 0 Å². The van der Waals surface area contributed by atoms with Crippen molar-refractivity contribution in [3.63, 3.8) is 0 Å². The van der Waals surface area contributed by atoms with Crippen molar-refractivity contribution in [2.75, 3.05) is 4.90 Å². The highest BCUT2D eigenvalue weighted by molar-refractivity contribution is 7.24. The van der Waals surface area contributed by atoms with Gasteiger partial charge in [0, 0.05) is 16.8 Å². The zero-order valence-corrected chi connectivity index (χ0v) is 44.2. The number of rotatable bonds is 6. The van der Waals surface area contributed by atoms with Crippen LogP contribution in [0.25, 0.3) is 87.6 Å². The first-order valence-corrected chi connectivity index (χ1v) is 29.6. The van der Waals surface area contributed by atoms with Gasteiger partial charge in [-0.1, -0.05) is 249 Å². The molecule has 0 saturated carbocycles. The predicted molar refractivity (Wildman–Crippen MR) is 335 cm³/mol. The molecule has 0 aromatic heterocycles. The molecule has 79 heavy (non-hydrogen) atoms. The van der Waals surface area contributed by atoms with E-state index < -0.39 is 13.5 Å². The van der Waals surface area contributed by atoms with Crippen molar-refractivity contribution >= 4 is 89.0 Å². The Kier molecular flexibility index (Phi) is 9.43. The Morgan fingerprint density at radius 2 is 0.772 bits per heavy atom. The maximum atomic E-state index is 2.51. The lowest BCUT2D eigenvalue weighted by molar-refractivity contribution is 0.768. The second-order valence-electron chi connectivity index (χ2n) is 21.8. The first kappa shape index (κ1) is 44.3. The molecule has 3 aliphatic rings. The predicted octanol–water partition coefficient (Wildman–Crippen LogP) is 17.1. The van der Waals surface area contributed by atoms with Crippen molar-refractivity contribution in [3.8, 4) is 44.5 Å². The largest absolute Gasteiger partial charge is 0.310 e. The first-order valence-electron chi connectivity index (χ1n) is 27.6. The zero-order valence-electron chi connectivity index (χ0n) is 43.2. The van der Waals surface area contributed by atoms with E-state index in [1.165, 1.54) is 131 Å². The van der Waals surface area contributed by atoms with Crippen molar-refractivity contribution in [3.05, 3.63) is 320 Å². The highest BCUT2D eigenvalue weighted by Crippen LogP contribution is 2.56. The summed E-state index contributed by atoms with van der Waals surface area (Å²) in [6.45, 7) is 0. The van der Waals surface area contributed by atoms with Gasteiger partial charge in [-0.05, 0) is 174 Å². The van der Waals surface area contributed by atoms with E-state index in [1.54, 1.807) is 0 Å². The summed E-state index contributed by atoms with van der Waals surface area (Å²) in [6.07, 6.45) is 0. The summed E-state index contributed by atoms with van der Waals surface area (Å²) in [5.41, 5.74) is 18.6. The second kappa shape index (κ2) is 16.8. The average Bonchev–Trinajstić information content (AvgIpc) is 2.89. The van der Waals surface area contributed by atoms with Crippen LogP contribution >= 0.6 is 0 Å². The van der Waals surface area contributed by atoms with Gasteiger partial charge in [0.05, 0.1) is 11.1 Å². The van der Waals surface area contributed by atoms with E-state index in [2.05, 4.69) is 302 Å². The quantitative estimate of drug-likeness (QED) is 0.0911. The first-order chi connectivity index (χ1) is 39.2. The molecule has 0 radical (unpaired) electrons. The van der Waals surface area contributed by atoms with Gasteiger partial charge in [-0.3, -0.25) is 0 Å². The molecule has 1 nitrogen and oxygen atoms in total. The van der Waals surface area contributed by atoms with Gasteiger partial charge in [0.2, 0.25) is 0 Å².